The summed E-state index contributed by atoms with van der Waals surface area (Å²) in [5.41, 5.74) is 1.92. The van der Waals surface area contributed by atoms with E-state index in [0.717, 1.165) is 15.6 Å². The minimum Gasteiger partial charge on any atom is -0.493 e. The number of amides is 3. The van der Waals surface area contributed by atoms with Gasteiger partial charge in [0.2, 0.25) is 11.0 Å². The topological polar surface area (TPSA) is 96.9 Å². The molecule has 0 aliphatic heterocycles. The number of nitrogens with one attached hydrogen (secondary N) is 1. The zero-order valence-electron chi connectivity index (χ0n) is 20.1. The van der Waals surface area contributed by atoms with Gasteiger partial charge in [-0.3, -0.25) is 4.79 Å². The molecule has 11 heteroatoms. The van der Waals surface area contributed by atoms with Crippen LogP contribution in [0.2, 0.25) is 0 Å². The van der Waals surface area contributed by atoms with Gasteiger partial charge in [-0.1, -0.05) is 45.5 Å². The molecule has 0 saturated heterocycles. The Morgan fingerprint density at radius 1 is 1.00 bits per heavy atom. The summed E-state index contributed by atoms with van der Waals surface area (Å²) in [7, 11) is 6.55. The van der Waals surface area contributed by atoms with Crippen LogP contribution in [-0.2, 0) is 11.2 Å². The van der Waals surface area contributed by atoms with E-state index >= 15 is 0 Å². The molecule has 186 valence electrons. The molecule has 9 nitrogen and oxygen atoms in total. The lowest BCUT2D eigenvalue weighted by Gasteiger charge is -2.26. The maximum absolute atomic E-state index is 12.7. The third-order valence-electron chi connectivity index (χ3n) is 5.14. The first-order chi connectivity index (χ1) is 16.8. The van der Waals surface area contributed by atoms with Gasteiger partial charge in [0, 0.05) is 43.6 Å². The van der Waals surface area contributed by atoms with Gasteiger partial charge < -0.3 is 24.6 Å². The quantitative estimate of drug-likeness (QED) is 0.390. The van der Waals surface area contributed by atoms with Gasteiger partial charge in [-0.15, -0.1) is 10.2 Å². The van der Waals surface area contributed by atoms with Crippen molar-refractivity contribution in [3.05, 3.63) is 52.5 Å². The van der Waals surface area contributed by atoms with E-state index in [9.17, 15) is 9.59 Å². The smallest absolute Gasteiger partial charge is 0.319 e. The average Bonchev–Trinajstić information content (AvgIpc) is 3.32. The Bertz CT molecular complexity index is 1150. The van der Waals surface area contributed by atoms with E-state index in [1.807, 2.05) is 42.5 Å². The van der Waals surface area contributed by atoms with Crippen molar-refractivity contribution in [3.63, 3.8) is 0 Å². The number of ether oxygens (including phenoxy) is 2. The molecule has 35 heavy (non-hydrogen) atoms. The summed E-state index contributed by atoms with van der Waals surface area (Å²) in [6.45, 7) is 0.723. The van der Waals surface area contributed by atoms with E-state index in [0.29, 0.717) is 34.6 Å². The molecule has 0 radical (unpaired) electrons. The van der Waals surface area contributed by atoms with E-state index in [2.05, 4.69) is 31.4 Å². The van der Waals surface area contributed by atoms with Crippen molar-refractivity contribution in [3.8, 4) is 22.1 Å². The first-order valence-electron chi connectivity index (χ1n) is 10.9. The highest BCUT2D eigenvalue weighted by Gasteiger charge is 2.18. The highest BCUT2D eigenvalue weighted by Crippen LogP contribution is 2.28. The number of nitrogens with zero attached hydrogens (tertiary/aromatic N) is 4. The highest BCUT2D eigenvalue weighted by molar-refractivity contribution is 9.10. The van der Waals surface area contributed by atoms with Crippen molar-refractivity contribution < 1.29 is 19.1 Å². The summed E-state index contributed by atoms with van der Waals surface area (Å²) < 4.78 is 11.6. The lowest BCUT2D eigenvalue weighted by Crippen LogP contribution is -2.41. The fraction of sp³-hybridized carbons (Fsp3) is 0.333. The van der Waals surface area contributed by atoms with E-state index in [-0.39, 0.29) is 24.9 Å². The van der Waals surface area contributed by atoms with Crippen LogP contribution in [0.15, 0.2) is 46.9 Å². The van der Waals surface area contributed by atoms with Gasteiger partial charge in [0.1, 0.15) is 5.01 Å². The van der Waals surface area contributed by atoms with Gasteiger partial charge in [0.15, 0.2) is 11.5 Å². The van der Waals surface area contributed by atoms with Crippen LogP contribution in [-0.4, -0.2) is 73.3 Å². The van der Waals surface area contributed by atoms with Gasteiger partial charge >= 0.3 is 6.03 Å². The molecular weight excluding hydrogens is 534 g/mol. The second kappa shape index (κ2) is 12.5. The molecule has 0 bridgehead atoms. The van der Waals surface area contributed by atoms with Crippen molar-refractivity contribution in [2.45, 2.75) is 12.8 Å². The van der Waals surface area contributed by atoms with Gasteiger partial charge in [-0.05, 0) is 36.2 Å². The number of anilines is 1. The summed E-state index contributed by atoms with van der Waals surface area (Å²) >= 11 is 4.71. The Labute approximate surface area is 217 Å². The normalized spacial score (nSPS) is 10.5. The summed E-state index contributed by atoms with van der Waals surface area (Å²) in [4.78, 5) is 28.4. The van der Waals surface area contributed by atoms with Gasteiger partial charge in [-0.2, -0.15) is 0 Å². The monoisotopic (exact) mass is 561 g/mol. The second-order valence-electron chi connectivity index (χ2n) is 7.82. The molecule has 0 fully saturated rings. The number of halogens is 1. The van der Waals surface area contributed by atoms with Crippen molar-refractivity contribution in [2.75, 3.05) is 46.7 Å². The zero-order chi connectivity index (χ0) is 25.4. The Morgan fingerprint density at radius 2 is 1.71 bits per heavy atom. The van der Waals surface area contributed by atoms with E-state index in [4.69, 9.17) is 9.47 Å². The SMILES string of the molecule is COc1ccc(CCN(CCC(=O)Nc2nnc(-c3ccc(Br)cc3)s2)C(=O)N(C)C)cc1OC. The van der Waals surface area contributed by atoms with Crippen molar-refractivity contribution in [1.29, 1.82) is 0 Å². The van der Waals surface area contributed by atoms with Crippen LogP contribution < -0.4 is 14.8 Å². The fourth-order valence-corrected chi connectivity index (χ4v) is 4.32. The zero-order valence-corrected chi connectivity index (χ0v) is 22.5. The largest absolute Gasteiger partial charge is 0.493 e. The number of hydrogen-bond acceptors (Lipinski definition) is 7. The summed E-state index contributed by atoms with van der Waals surface area (Å²) in [6.07, 6.45) is 0.743. The molecule has 0 unspecified atom stereocenters. The van der Waals surface area contributed by atoms with Crippen LogP contribution >= 0.6 is 27.3 Å². The van der Waals surface area contributed by atoms with Crippen LogP contribution in [0.3, 0.4) is 0 Å². The maximum atomic E-state index is 12.7. The molecule has 0 spiro atoms. The van der Waals surface area contributed by atoms with E-state index < -0.39 is 0 Å². The molecule has 0 atom stereocenters. The average molecular weight is 562 g/mol. The molecular formula is C24H28BrN5O4S. The van der Waals surface area contributed by atoms with E-state index in [1.54, 1.807) is 33.2 Å². The summed E-state index contributed by atoms with van der Waals surface area (Å²) in [5.74, 6) is 1.05. The molecule has 0 aliphatic carbocycles. The van der Waals surface area contributed by atoms with Gasteiger partial charge in [0.25, 0.3) is 0 Å². The van der Waals surface area contributed by atoms with Crippen LogP contribution in [0.4, 0.5) is 9.93 Å². The third-order valence-corrected chi connectivity index (χ3v) is 6.56. The van der Waals surface area contributed by atoms with Crippen LogP contribution in [0.25, 0.3) is 10.6 Å². The van der Waals surface area contributed by atoms with Crippen molar-refractivity contribution in [2.24, 2.45) is 0 Å². The molecule has 1 aromatic heterocycles. The first kappa shape index (κ1) is 26.4. The maximum Gasteiger partial charge on any atom is 0.319 e. The third kappa shape index (κ3) is 7.40. The van der Waals surface area contributed by atoms with Crippen molar-refractivity contribution >= 4 is 44.3 Å². The number of hydrogen-bond donors (Lipinski definition) is 1. The number of benzene rings is 2. The van der Waals surface area contributed by atoms with Crippen LogP contribution in [0, 0.1) is 0 Å². The molecule has 3 rings (SSSR count). The number of carbonyl (C=O) groups excluding carboxylic acids is 2. The predicted octanol–water partition coefficient (Wildman–Crippen LogP) is 4.54. The van der Waals surface area contributed by atoms with Gasteiger partial charge in [-0.25, -0.2) is 4.79 Å². The van der Waals surface area contributed by atoms with Crippen molar-refractivity contribution in [1.82, 2.24) is 20.0 Å². The lowest BCUT2D eigenvalue weighted by molar-refractivity contribution is -0.116. The van der Waals surface area contributed by atoms with Crippen LogP contribution in [0.1, 0.15) is 12.0 Å². The Kier molecular flexibility index (Phi) is 9.44. The minimum atomic E-state index is -0.230. The molecule has 3 amide bonds. The van der Waals surface area contributed by atoms with Crippen LogP contribution in [0.5, 0.6) is 11.5 Å². The number of urea groups is 1. The summed E-state index contributed by atoms with van der Waals surface area (Å²) in [5, 5.41) is 12.1. The lowest BCUT2D eigenvalue weighted by atomic mass is 10.1. The Morgan fingerprint density at radius 3 is 2.37 bits per heavy atom. The molecule has 2 aromatic carbocycles. The summed E-state index contributed by atoms with van der Waals surface area (Å²) in [6, 6.07) is 13.2. The Hall–Kier alpha value is -3.18. The highest BCUT2D eigenvalue weighted by atomic mass is 79.9. The van der Waals surface area contributed by atoms with Gasteiger partial charge in [0.05, 0.1) is 14.2 Å². The predicted molar refractivity (Wildman–Crippen MR) is 140 cm³/mol. The van der Waals surface area contributed by atoms with E-state index in [1.165, 1.54) is 16.2 Å². The standard InChI is InChI=1S/C24H28BrN5O4S/c1-29(2)24(32)30(13-11-16-5-10-19(33-3)20(15-16)34-4)14-12-21(31)26-23-28-27-22(35-23)17-6-8-18(25)9-7-17/h5-10,15H,11-14H2,1-4H3,(H,26,28,31). The molecule has 0 aliphatic rings. The second-order valence-corrected chi connectivity index (χ2v) is 9.71. The number of carbonyl (C=O) groups is 2. The first-order valence-corrected chi connectivity index (χ1v) is 12.5. The molecule has 1 N–H and O–H groups in total. The fourth-order valence-electron chi connectivity index (χ4n) is 3.29. The number of rotatable bonds is 10. The Balaban J connectivity index is 1.58. The minimum absolute atomic E-state index is 0.138. The molecule has 3 aromatic rings. The molecule has 0 saturated carbocycles. The molecule has 1 heterocycles. The number of methoxy groups -OCH3 is 2. The number of aromatic nitrogens is 2.